The summed E-state index contributed by atoms with van der Waals surface area (Å²) in [6.07, 6.45) is 0.573. The summed E-state index contributed by atoms with van der Waals surface area (Å²) >= 11 is 1.38. The number of thioether (sulfide) groups is 1. The van der Waals surface area contributed by atoms with Crippen molar-refractivity contribution in [1.29, 1.82) is 0 Å². The second-order valence-corrected chi connectivity index (χ2v) is 8.25. The van der Waals surface area contributed by atoms with Crippen molar-refractivity contribution in [2.45, 2.75) is 19.4 Å². The Balaban J connectivity index is 1.48. The molecule has 2 aromatic rings. The van der Waals surface area contributed by atoms with E-state index in [1.165, 1.54) is 16.8 Å². The molecule has 0 aromatic heterocycles. The molecule has 0 bridgehead atoms. The highest BCUT2D eigenvalue weighted by Gasteiger charge is 2.43. The van der Waals surface area contributed by atoms with Crippen molar-refractivity contribution in [2.24, 2.45) is 21.1 Å². The molecule has 7 nitrogen and oxygen atoms in total. The third-order valence-electron chi connectivity index (χ3n) is 5.32. The SMILES string of the molecule is CC1=NN(c2ccccc2)C(=O)C1C1=NN(C2=NC(=O)CS2)C(c2ccccc2)C1. The van der Waals surface area contributed by atoms with E-state index in [1.807, 2.05) is 67.6 Å². The Morgan fingerprint density at radius 2 is 1.67 bits per heavy atom. The van der Waals surface area contributed by atoms with Gasteiger partial charge in [-0.25, -0.2) is 5.01 Å². The van der Waals surface area contributed by atoms with Gasteiger partial charge in [0.1, 0.15) is 5.92 Å². The first-order valence-electron chi connectivity index (χ1n) is 9.72. The lowest BCUT2D eigenvalue weighted by atomic mass is 9.92. The van der Waals surface area contributed by atoms with Crippen LogP contribution in [0.15, 0.2) is 75.9 Å². The van der Waals surface area contributed by atoms with Crippen LogP contribution in [0.4, 0.5) is 5.69 Å². The normalized spacial score (nSPS) is 23.7. The highest BCUT2D eigenvalue weighted by atomic mass is 32.2. The Hall–Kier alpha value is -3.26. The number of amides is 2. The highest BCUT2D eigenvalue weighted by molar-refractivity contribution is 8.14. The number of hydrogen-bond acceptors (Lipinski definition) is 6. The van der Waals surface area contributed by atoms with Crippen molar-refractivity contribution in [3.8, 4) is 0 Å². The smallest absolute Gasteiger partial charge is 0.262 e. The number of aliphatic imine (C=N–C) groups is 1. The zero-order valence-electron chi connectivity index (χ0n) is 16.3. The third-order valence-corrected chi connectivity index (χ3v) is 6.25. The Morgan fingerprint density at radius 3 is 2.33 bits per heavy atom. The van der Waals surface area contributed by atoms with Crippen LogP contribution in [-0.4, -0.2) is 39.2 Å². The second kappa shape index (κ2) is 7.53. The average Bonchev–Trinajstić information content (AvgIpc) is 3.46. The van der Waals surface area contributed by atoms with Gasteiger partial charge in [-0.3, -0.25) is 9.59 Å². The van der Waals surface area contributed by atoms with E-state index in [-0.39, 0.29) is 17.9 Å². The zero-order valence-corrected chi connectivity index (χ0v) is 17.1. The Morgan fingerprint density at radius 1 is 0.967 bits per heavy atom. The molecule has 0 saturated carbocycles. The summed E-state index contributed by atoms with van der Waals surface area (Å²) in [6, 6.07) is 19.3. The number of para-hydroxylation sites is 1. The molecule has 3 heterocycles. The summed E-state index contributed by atoms with van der Waals surface area (Å²) < 4.78 is 0. The summed E-state index contributed by atoms with van der Waals surface area (Å²) in [5.41, 5.74) is 3.27. The Kier molecular flexibility index (Phi) is 4.71. The van der Waals surface area contributed by atoms with E-state index in [0.29, 0.717) is 23.1 Å². The molecule has 0 N–H and O–H groups in total. The molecule has 2 aromatic carbocycles. The number of hydrogen-bond donors (Lipinski definition) is 0. The molecule has 2 amide bonds. The number of hydrazone groups is 2. The minimum atomic E-state index is -0.510. The predicted octanol–water partition coefficient (Wildman–Crippen LogP) is 3.46. The number of anilines is 1. The molecular weight excluding hydrogens is 398 g/mol. The van der Waals surface area contributed by atoms with Gasteiger partial charge in [-0.2, -0.15) is 20.2 Å². The lowest BCUT2D eigenvalue weighted by molar-refractivity contribution is -0.118. The summed E-state index contributed by atoms with van der Waals surface area (Å²) in [6.45, 7) is 1.86. The molecule has 5 rings (SSSR count). The lowest BCUT2D eigenvalue weighted by Gasteiger charge is -2.22. The first-order valence-corrected chi connectivity index (χ1v) is 10.7. The Labute approximate surface area is 178 Å². The van der Waals surface area contributed by atoms with E-state index < -0.39 is 5.92 Å². The van der Waals surface area contributed by atoms with Crippen LogP contribution in [0.25, 0.3) is 0 Å². The number of carbonyl (C=O) groups is 2. The van der Waals surface area contributed by atoms with E-state index in [2.05, 4.69) is 10.1 Å². The van der Waals surface area contributed by atoms with Crippen LogP contribution in [0.3, 0.4) is 0 Å². The van der Waals surface area contributed by atoms with Gasteiger partial charge >= 0.3 is 0 Å². The maximum Gasteiger partial charge on any atom is 0.262 e. The van der Waals surface area contributed by atoms with E-state index in [4.69, 9.17) is 5.10 Å². The average molecular weight is 417 g/mol. The topological polar surface area (TPSA) is 77.7 Å². The largest absolute Gasteiger partial charge is 0.272 e. The molecule has 0 aliphatic carbocycles. The molecular formula is C22H19N5O2S. The Bertz CT molecular complexity index is 1100. The molecule has 0 fully saturated rings. The van der Waals surface area contributed by atoms with Gasteiger partial charge in [0, 0.05) is 6.42 Å². The number of amidine groups is 1. The van der Waals surface area contributed by atoms with E-state index in [0.717, 1.165) is 17.0 Å². The fourth-order valence-corrected chi connectivity index (χ4v) is 4.72. The van der Waals surface area contributed by atoms with Crippen molar-refractivity contribution < 1.29 is 9.59 Å². The number of nitrogens with zero attached hydrogens (tertiary/aromatic N) is 5. The van der Waals surface area contributed by atoms with Gasteiger partial charge in [-0.05, 0) is 24.6 Å². The van der Waals surface area contributed by atoms with Gasteiger partial charge in [0.25, 0.3) is 11.8 Å². The van der Waals surface area contributed by atoms with Crippen LogP contribution in [0.2, 0.25) is 0 Å². The van der Waals surface area contributed by atoms with E-state index >= 15 is 0 Å². The predicted molar refractivity (Wildman–Crippen MR) is 119 cm³/mol. The van der Waals surface area contributed by atoms with Gasteiger partial charge in [0.05, 0.1) is 28.9 Å². The van der Waals surface area contributed by atoms with Crippen molar-refractivity contribution in [2.75, 3.05) is 10.8 Å². The molecule has 2 atom stereocenters. The van der Waals surface area contributed by atoms with Gasteiger partial charge in [-0.1, -0.05) is 60.3 Å². The first-order chi connectivity index (χ1) is 14.6. The van der Waals surface area contributed by atoms with E-state index in [1.54, 1.807) is 5.01 Å². The van der Waals surface area contributed by atoms with Crippen LogP contribution in [0.5, 0.6) is 0 Å². The van der Waals surface area contributed by atoms with Crippen molar-refractivity contribution in [3.63, 3.8) is 0 Å². The summed E-state index contributed by atoms with van der Waals surface area (Å²) in [7, 11) is 0. The molecule has 3 aliphatic rings. The summed E-state index contributed by atoms with van der Waals surface area (Å²) in [5.74, 6) is -0.453. The van der Waals surface area contributed by atoms with Crippen LogP contribution in [0, 0.1) is 5.92 Å². The van der Waals surface area contributed by atoms with Crippen molar-refractivity contribution in [3.05, 3.63) is 66.2 Å². The monoisotopic (exact) mass is 417 g/mol. The lowest BCUT2D eigenvalue weighted by Crippen LogP contribution is -2.32. The molecule has 0 saturated heterocycles. The molecule has 0 spiro atoms. The minimum Gasteiger partial charge on any atom is -0.272 e. The number of rotatable bonds is 3. The number of benzene rings is 2. The van der Waals surface area contributed by atoms with Gasteiger partial charge in [-0.15, -0.1) is 0 Å². The fourth-order valence-electron chi connectivity index (χ4n) is 3.94. The van der Waals surface area contributed by atoms with Crippen LogP contribution < -0.4 is 5.01 Å². The zero-order chi connectivity index (χ0) is 20.7. The van der Waals surface area contributed by atoms with Gasteiger partial charge in [0.2, 0.25) is 0 Å². The summed E-state index contributed by atoms with van der Waals surface area (Å²) in [4.78, 5) is 29.1. The van der Waals surface area contributed by atoms with E-state index in [9.17, 15) is 9.59 Å². The number of carbonyl (C=O) groups excluding carboxylic acids is 2. The van der Waals surface area contributed by atoms with Crippen molar-refractivity contribution in [1.82, 2.24) is 5.01 Å². The van der Waals surface area contributed by atoms with Crippen LogP contribution in [-0.2, 0) is 9.59 Å². The standard InChI is InChI=1S/C22H19N5O2S/c1-14-20(21(29)26(24-14)16-10-6-3-7-11-16)17-12-18(15-8-4-2-5-9-15)27(25-17)22-23-19(28)13-30-22/h2-11,18,20H,12-13H2,1H3. The molecule has 3 aliphatic heterocycles. The molecule has 150 valence electrons. The van der Waals surface area contributed by atoms with Crippen molar-refractivity contribution >= 4 is 45.9 Å². The minimum absolute atomic E-state index is 0.107. The van der Waals surface area contributed by atoms with Crippen LogP contribution >= 0.6 is 11.8 Å². The second-order valence-electron chi connectivity index (χ2n) is 7.30. The molecule has 2 unspecified atom stereocenters. The maximum absolute atomic E-state index is 13.2. The van der Waals surface area contributed by atoms with Gasteiger partial charge in [0.15, 0.2) is 5.17 Å². The van der Waals surface area contributed by atoms with Gasteiger partial charge < -0.3 is 0 Å². The third kappa shape index (κ3) is 3.23. The fraction of sp³-hybridized carbons (Fsp3) is 0.227. The highest BCUT2D eigenvalue weighted by Crippen LogP contribution is 2.38. The first kappa shape index (κ1) is 18.7. The quantitative estimate of drug-likeness (QED) is 0.766. The molecule has 30 heavy (non-hydrogen) atoms. The maximum atomic E-state index is 13.2. The molecule has 8 heteroatoms. The van der Waals surface area contributed by atoms with Crippen LogP contribution in [0.1, 0.15) is 24.9 Å². The molecule has 0 radical (unpaired) electrons. The summed E-state index contributed by atoms with van der Waals surface area (Å²) in [5, 5.41) is 13.1.